The molecule has 0 amide bonds. The number of aryl methyl sites for hydroxylation is 1. The first-order chi connectivity index (χ1) is 16.2. The quantitative estimate of drug-likeness (QED) is 0.390. The summed E-state index contributed by atoms with van der Waals surface area (Å²) in [6, 6.07) is 12.0. The van der Waals surface area contributed by atoms with Crippen LogP contribution >= 0.6 is 11.6 Å². The summed E-state index contributed by atoms with van der Waals surface area (Å²) in [4.78, 5) is 26.3. The Hall–Kier alpha value is -3.92. The molecule has 34 heavy (non-hydrogen) atoms. The van der Waals surface area contributed by atoms with Crippen molar-refractivity contribution in [1.29, 1.82) is 0 Å². The van der Waals surface area contributed by atoms with Crippen LogP contribution in [0.3, 0.4) is 0 Å². The summed E-state index contributed by atoms with van der Waals surface area (Å²) in [5.41, 5.74) is 2.79. The Morgan fingerprint density at radius 2 is 1.85 bits per heavy atom. The minimum absolute atomic E-state index is 0.219. The minimum Gasteiger partial charge on any atom is -0.345 e. The molecule has 0 atom stereocenters. The molecule has 5 aromatic rings. The molecule has 0 fully saturated rings. The molecule has 5 rings (SSSR count). The van der Waals surface area contributed by atoms with Crippen LogP contribution in [0.1, 0.15) is 0 Å². The van der Waals surface area contributed by atoms with Crippen molar-refractivity contribution in [3.63, 3.8) is 0 Å². The molecule has 0 saturated heterocycles. The van der Waals surface area contributed by atoms with Crippen molar-refractivity contribution < 1.29 is 13.2 Å². The zero-order valence-electron chi connectivity index (χ0n) is 17.6. The fourth-order valence-electron chi connectivity index (χ4n) is 3.70. The van der Waals surface area contributed by atoms with Crippen molar-refractivity contribution in [1.82, 2.24) is 24.1 Å². The van der Waals surface area contributed by atoms with Crippen LogP contribution < -0.4 is 10.9 Å². The normalized spacial score (nSPS) is 11.9. The van der Waals surface area contributed by atoms with Gasteiger partial charge in [-0.25, -0.2) is 15.0 Å². The number of rotatable bonds is 4. The van der Waals surface area contributed by atoms with Gasteiger partial charge in [-0.05, 0) is 35.9 Å². The third-order valence-corrected chi connectivity index (χ3v) is 5.57. The van der Waals surface area contributed by atoms with Crippen LogP contribution in [0.25, 0.3) is 38.8 Å². The van der Waals surface area contributed by atoms with Crippen LogP contribution in [0.2, 0.25) is 5.02 Å². The van der Waals surface area contributed by atoms with E-state index in [1.165, 1.54) is 10.8 Å². The van der Waals surface area contributed by atoms with Gasteiger partial charge in [0, 0.05) is 29.9 Å². The average Bonchev–Trinajstić information content (AvgIpc) is 3.18. The van der Waals surface area contributed by atoms with Gasteiger partial charge in [0.1, 0.15) is 6.54 Å². The summed E-state index contributed by atoms with van der Waals surface area (Å²) in [5.74, 6) is -0.228. The molecule has 172 valence electrons. The number of imidazole rings is 1. The number of halogens is 4. The topological polar surface area (TPSA) is 77.6 Å². The maximum atomic E-state index is 13.7. The van der Waals surface area contributed by atoms with Crippen LogP contribution in [-0.2, 0) is 7.05 Å². The number of hydrogen-bond donors (Lipinski definition) is 1. The lowest BCUT2D eigenvalue weighted by atomic mass is 10.0. The molecule has 0 aliphatic heterocycles. The Kier molecular flexibility index (Phi) is 5.24. The van der Waals surface area contributed by atoms with Crippen molar-refractivity contribution in [3.8, 4) is 16.8 Å². The Morgan fingerprint density at radius 1 is 1.09 bits per heavy atom. The second-order valence-corrected chi connectivity index (χ2v) is 8.12. The highest BCUT2D eigenvalue weighted by Gasteiger charge is 2.27. The molecule has 0 aliphatic rings. The van der Waals surface area contributed by atoms with Gasteiger partial charge in [-0.1, -0.05) is 23.7 Å². The number of anilines is 1. The van der Waals surface area contributed by atoms with Gasteiger partial charge in [0.05, 0.1) is 34.1 Å². The number of aromatic nitrogens is 5. The Bertz CT molecular complexity index is 1590. The van der Waals surface area contributed by atoms with E-state index in [9.17, 15) is 18.0 Å². The number of nitrogens with zero attached hydrogens (tertiary/aromatic N) is 5. The maximum absolute atomic E-state index is 13.7. The summed E-state index contributed by atoms with van der Waals surface area (Å²) >= 11 is 6.02. The van der Waals surface area contributed by atoms with E-state index in [0.29, 0.717) is 21.7 Å². The minimum atomic E-state index is -4.44. The van der Waals surface area contributed by atoms with E-state index in [-0.39, 0.29) is 17.0 Å². The van der Waals surface area contributed by atoms with Gasteiger partial charge in [-0.15, -0.1) is 0 Å². The predicted octanol–water partition coefficient (Wildman–Crippen LogP) is 4.96. The van der Waals surface area contributed by atoms with Crippen molar-refractivity contribution >= 4 is 39.5 Å². The highest BCUT2D eigenvalue weighted by molar-refractivity contribution is 6.30. The molecular formula is C23H16ClF3N6O. The Morgan fingerprint density at radius 3 is 2.59 bits per heavy atom. The second kappa shape index (κ2) is 8.14. The number of pyridine rings is 1. The van der Waals surface area contributed by atoms with Gasteiger partial charge in [-0.3, -0.25) is 9.36 Å². The van der Waals surface area contributed by atoms with Gasteiger partial charge >= 0.3 is 6.18 Å². The fraction of sp³-hybridized carbons (Fsp3) is 0.130. The fourth-order valence-corrected chi connectivity index (χ4v) is 3.83. The third kappa shape index (κ3) is 4.08. The van der Waals surface area contributed by atoms with E-state index in [1.54, 1.807) is 42.9 Å². The van der Waals surface area contributed by atoms with Gasteiger partial charge in [0.25, 0.3) is 5.56 Å². The van der Waals surface area contributed by atoms with Gasteiger partial charge < -0.3 is 9.88 Å². The summed E-state index contributed by atoms with van der Waals surface area (Å²) in [6.07, 6.45) is 0.201. The van der Waals surface area contributed by atoms with E-state index in [4.69, 9.17) is 11.6 Å². The van der Waals surface area contributed by atoms with Gasteiger partial charge in [-0.2, -0.15) is 13.2 Å². The molecule has 7 nitrogen and oxygen atoms in total. The van der Waals surface area contributed by atoms with Crippen molar-refractivity contribution in [2.24, 2.45) is 7.05 Å². The molecule has 0 unspecified atom stereocenters. The molecule has 0 spiro atoms. The first-order valence-corrected chi connectivity index (χ1v) is 10.5. The van der Waals surface area contributed by atoms with Crippen LogP contribution in [0.15, 0.2) is 66.0 Å². The molecule has 0 bridgehead atoms. The van der Waals surface area contributed by atoms with Crippen LogP contribution in [-0.4, -0.2) is 36.8 Å². The lowest BCUT2D eigenvalue weighted by molar-refractivity contribution is -0.115. The first-order valence-electron chi connectivity index (χ1n) is 10.1. The highest BCUT2D eigenvalue weighted by Crippen LogP contribution is 2.27. The Balaban J connectivity index is 1.74. The monoisotopic (exact) mass is 484 g/mol. The molecule has 0 radical (unpaired) electrons. The largest absolute Gasteiger partial charge is 0.405 e. The van der Waals surface area contributed by atoms with E-state index in [0.717, 1.165) is 11.0 Å². The number of alkyl halides is 3. The van der Waals surface area contributed by atoms with E-state index < -0.39 is 18.3 Å². The zero-order valence-corrected chi connectivity index (χ0v) is 18.4. The molecule has 0 saturated carbocycles. The second-order valence-electron chi connectivity index (χ2n) is 7.68. The SMILES string of the molecule is Cn1cnc2ccc(-n3cc4cnc(NCC(F)(F)F)nc4c(-c4ccc(Cl)cc4)c3=O)cc21. The number of benzene rings is 2. The summed E-state index contributed by atoms with van der Waals surface area (Å²) in [5, 5.41) is 3.13. The van der Waals surface area contributed by atoms with Crippen LogP contribution in [0, 0.1) is 0 Å². The molecule has 1 N–H and O–H groups in total. The summed E-state index contributed by atoms with van der Waals surface area (Å²) < 4.78 is 41.3. The first kappa shape index (κ1) is 21.9. The lowest BCUT2D eigenvalue weighted by Crippen LogP contribution is -2.23. The average molecular weight is 485 g/mol. The number of hydrogen-bond acceptors (Lipinski definition) is 5. The lowest BCUT2D eigenvalue weighted by Gasteiger charge is -2.14. The third-order valence-electron chi connectivity index (χ3n) is 5.32. The standard InChI is InChI=1S/C23H16ClF3N6O/c1-32-12-30-17-7-6-16(8-18(17)32)33-10-14-9-28-22(29-11-23(25,26)27)31-20(14)19(21(33)34)13-2-4-15(24)5-3-13/h2-10,12H,11H2,1H3,(H,29,31). The molecule has 0 aliphatic carbocycles. The van der Waals surface area contributed by atoms with E-state index in [2.05, 4.69) is 20.3 Å². The number of nitrogens with one attached hydrogen (secondary N) is 1. The molecular weight excluding hydrogens is 469 g/mol. The van der Waals surface area contributed by atoms with Crippen molar-refractivity contribution in [3.05, 3.63) is 76.6 Å². The van der Waals surface area contributed by atoms with Gasteiger partial charge in [0.15, 0.2) is 0 Å². The summed E-state index contributed by atoms with van der Waals surface area (Å²) in [6.45, 7) is -1.30. The predicted molar refractivity (Wildman–Crippen MR) is 124 cm³/mol. The molecule has 11 heteroatoms. The molecule has 2 aromatic carbocycles. The maximum Gasteiger partial charge on any atom is 0.405 e. The smallest absolute Gasteiger partial charge is 0.345 e. The van der Waals surface area contributed by atoms with Gasteiger partial charge in [0.2, 0.25) is 5.95 Å². The molecule has 3 heterocycles. The summed E-state index contributed by atoms with van der Waals surface area (Å²) in [7, 11) is 1.85. The van der Waals surface area contributed by atoms with Crippen molar-refractivity contribution in [2.75, 3.05) is 11.9 Å². The molecule has 3 aromatic heterocycles. The van der Waals surface area contributed by atoms with Crippen molar-refractivity contribution in [2.45, 2.75) is 6.18 Å². The van der Waals surface area contributed by atoms with E-state index in [1.807, 2.05) is 23.7 Å². The van der Waals surface area contributed by atoms with E-state index >= 15 is 0 Å². The van der Waals surface area contributed by atoms with Crippen LogP contribution in [0.5, 0.6) is 0 Å². The number of fused-ring (bicyclic) bond motifs is 2. The highest BCUT2D eigenvalue weighted by atomic mass is 35.5. The Labute approximate surface area is 195 Å². The van der Waals surface area contributed by atoms with Crippen LogP contribution in [0.4, 0.5) is 19.1 Å². The zero-order chi connectivity index (χ0) is 24.0.